The lowest BCUT2D eigenvalue weighted by Gasteiger charge is -2.11. The Kier molecular flexibility index (Phi) is 4.49. The fourth-order valence-electron chi connectivity index (χ4n) is 1.16. The van der Waals surface area contributed by atoms with Crippen molar-refractivity contribution in [3.05, 3.63) is 29.3 Å². The first-order chi connectivity index (χ1) is 6.63. The first kappa shape index (κ1) is 11.6. The summed E-state index contributed by atoms with van der Waals surface area (Å²) in [5.74, 6) is 1.13. The number of aryl methyl sites for hydroxylation is 2. The zero-order valence-electron chi connectivity index (χ0n) is 9.42. The summed E-state index contributed by atoms with van der Waals surface area (Å²) in [7, 11) is 2.01. The van der Waals surface area contributed by atoms with Crippen molar-refractivity contribution in [1.29, 1.82) is 0 Å². The standard InChI is InChI=1S/C12H19NS/c1-9-5-6-10(2)12(7-9)14-8-11(3)13-4/h5-7,11,13H,8H2,1-4H3. The molecule has 0 saturated heterocycles. The first-order valence-corrected chi connectivity index (χ1v) is 5.99. The van der Waals surface area contributed by atoms with Gasteiger partial charge in [0.25, 0.3) is 0 Å². The molecular weight excluding hydrogens is 190 g/mol. The van der Waals surface area contributed by atoms with Crippen LogP contribution in [0.2, 0.25) is 0 Å². The van der Waals surface area contributed by atoms with E-state index >= 15 is 0 Å². The minimum atomic E-state index is 0.569. The van der Waals surface area contributed by atoms with Crippen molar-refractivity contribution in [2.75, 3.05) is 12.8 Å². The number of thioether (sulfide) groups is 1. The van der Waals surface area contributed by atoms with Gasteiger partial charge in [-0.3, -0.25) is 0 Å². The normalized spacial score (nSPS) is 12.9. The van der Waals surface area contributed by atoms with Crippen LogP contribution in [0.25, 0.3) is 0 Å². The summed E-state index contributed by atoms with van der Waals surface area (Å²) < 4.78 is 0. The van der Waals surface area contributed by atoms with Crippen LogP contribution in [-0.4, -0.2) is 18.8 Å². The highest BCUT2D eigenvalue weighted by Crippen LogP contribution is 2.23. The zero-order chi connectivity index (χ0) is 10.6. The van der Waals surface area contributed by atoms with E-state index in [1.807, 2.05) is 18.8 Å². The van der Waals surface area contributed by atoms with Crippen LogP contribution in [0.3, 0.4) is 0 Å². The first-order valence-electron chi connectivity index (χ1n) is 5.01. The van der Waals surface area contributed by atoms with Crippen molar-refractivity contribution in [2.24, 2.45) is 0 Å². The summed E-state index contributed by atoms with van der Waals surface area (Å²) in [6.07, 6.45) is 0. The average Bonchev–Trinajstić information content (AvgIpc) is 2.19. The van der Waals surface area contributed by atoms with Gasteiger partial charge < -0.3 is 5.32 Å². The molecule has 1 N–H and O–H groups in total. The Balaban J connectivity index is 2.62. The van der Waals surface area contributed by atoms with Crippen molar-refractivity contribution >= 4 is 11.8 Å². The van der Waals surface area contributed by atoms with Crippen molar-refractivity contribution in [3.63, 3.8) is 0 Å². The monoisotopic (exact) mass is 209 g/mol. The van der Waals surface area contributed by atoms with Gasteiger partial charge in [-0.1, -0.05) is 17.7 Å². The van der Waals surface area contributed by atoms with Crippen molar-refractivity contribution in [3.8, 4) is 0 Å². The van der Waals surface area contributed by atoms with Crippen LogP contribution < -0.4 is 5.32 Å². The Morgan fingerprint density at radius 2 is 2.07 bits per heavy atom. The molecule has 0 heterocycles. The van der Waals surface area contributed by atoms with Gasteiger partial charge in [0.1, 0.15) is 0 Å². The number of hydrogen-bond donors (Lipinski definition) is 1. The van der Waals surface area contributed by atoms with E-state index < -0.39 is 0 Å². The van der Waals surface area contributed by atoms with Gasteiger partial charge in [0.2, 0.25) is 0 Å². The topological polar surface area (TPSA) is 12.0 Å². The molecule has 2 heteroatoms. The van der Waals surface area contributed by atoms with E-state index in [2.05, 4.69) is 44.3 Å². The van der Waals surface area contributed by atoms with Crippen LogP contribution in [0.1, 0.15) is 18.1 Å². The highest BCUT2D eigenvalue weighted by molar-refractivity contribution is 7.99. The summed E-state index contributed by atoms with van der Waals surface area (Å²) in [5, 5.41) is 3.25. The molecular formula is C12H19NS. The van der Waals surface area contributed by atoms with Gasteiger partial charge >= 0.3 is 0 Å². The Morgan fingerprint density at radius 3 is 2.71 bits per heavy atom. The summed E-state index contributed by atoms with van der Waals surface area (Å²) in [6.45, 7) is 6.52. The fraction of sp³-hybridized carbons (Fsp3) is 0.500. The predicted octanol–water partition coefficient (Wildman–Crippen LogP) is 3.00. The lowest BCUT2D eigenvalue weighted by Crippen LogP contribution is -2.23. The quantitative estimate of drug-likeness (QED) is 0.765. The van der Waals surface area contributed by atoms with E-state index in [1.165, 1.54) is 16.0 Å². The van der Waals surface area contributed by atoms with Gasteiger partial charge in [-0.2, -0.15) is 0 Å². The van der Waals surface area contributed by atoms with E-state index in [4.69, 9.17) is 0 Å². The third kappa shape index (κ3) is 3.35. The largest absolute Gasteiger partial charge is 0.316 e. The van der Waals surface area contributed by atoms with Crippen molar-refractivity contribution in [1.82, 2.24) is 5.32 Å². The number of nitrogens with one attached hydrogen (secondary N) is 1. The Morgan fingerprint density at radius 1 is 1.36 bits per heavy atom. The molecule has 0 saturated carbocycles. The molecule has 1 aromatic carbocycles. The SMILES string of the molecule is CNC(C)CSc1cc(C)ccc1C. The van der Waals surface area contributed by atoms with Crippen LogP contribution in [0.15, 0.2) is 23.1 Å². The third-order valence-corrected chi connectivity index (χ3v) is 3.74. The minimum absolute atomic E-state index is 0.569. The molecule has 0 aliphatic rings. The van der Waals surface area contributed by atoms with E-state index in [0.717, 1.165) is 5.75 Å². The molecule has 0 aromatic heterocycles. The Labute approximate surface area is 91.3 Å². The van der Waals surface area contributed by atoms with Crippen LogP contribution in [-0.2, 0) is 0 Å². The maximum Gasteiger partial charge on any atom is 0.0132 e. The maximum atomic E-state index is 3.25. The Bertz CT molecular complexity index is 296. The van der Waals surface area contributed by atoms with E-state index in [9.17, 15) is 0 Å². The second-order valence-corrected chi connectivity index (χ2v) is 4.83. The molecule has 0 spiro atoms. The zero-order valence-corrected chi connectivity index (χ0v) is 10.2. The Hall–Kier alpha value is -0.470. The molecule has 1 rings (SSSR count). The summed E-state index contributed by atoms with van der Waals surface area (Å²) in [4.78, 5) is 1.41. The van der Waals surface area contributed by atoms with E-state index in [0.29, 0.717) is 6.04 Å². The lowest BCUT2D eigenvalue weighted by atomic mass is 10.2. The summed E-state index contributed by atoms with van der Waals surface area (Å²) >= 11 is 1.93. The van der Waals surface area contributed by atoms with Crippen LogP contribution >= 0.6 is 11.8 Å². The molecule has 0 aliphatic carbocycles. The van der Waals surface area contributed by atoms with Gasteiger partial charge in [-0.15, -0.1) is 11.8 Å². The molecule has 1 aromatic rings. The van der Waals surface area contributed by atoms with Crippen LogP contribution in [0.4, 0.5) is 0 Å². The molecule has 14 heavy (non-hydrogen) atoms. The number of hydrogen-bond acceptors (Lipinski definition) is 2. The molecule has 0 aliphatic heterocycles. The summed E-state index contributed by atoms with van der Waals surface area (Å²) in [6, 6.07) is 7.20. The maximum absolute atomic E-state index is 3.25. The second-order valence-electron chi connectivity index (χ2n) is 3.77. The number of benzene rings is 1. The van der Waals surface area contributed by atoms with E-state index in [-0.39, 0.29) is 0 Å². The minimum Gasteiger partial charge on any atom is -0.316 e. The third-order valence-electron chi connectivity index (χ3n) is 2.33. The predicted molar refractivity (Wildman–Crippen MR) is 65.2 cm³/mol. The molecule has 0 fully saturated rings. The smallest absolute Gasteiger partial charge is 0.0132 e. The van der Waals surface area contributed by atoms with Crippen molar-refractivity contribution < 1.29 is 0 Å². The van der Waals surface area contributed by atoms with E-state index in [1.54, 1.807) is 0 Å². The molecule has 1 nitrogen and oxygen atoms in total. The summed E-state index contributed by atoms with van der Waals surface area (Å²) in [5.41, 5.74) is 2.72. The van der Waals surface area contributed by atoms with Crippen LogP contribution in [0.5, 0.6) is 0 Å². The molecule has 0 bridgehead atoms. The lowest BCUT2D eigenvalue weighted by molar-refractivity contribution is 0.677. The molecule has 1 unspecified atom stereocenters. The fourth-order valence-corrected chi connectivity index (χ4v) is 2.32. The van der Waals surface area contributed by atoms with Gasteiger partial charge in [-0.25, -0.2) is 0 Å². The van der Waals surface area contributed by atoms with Gasteiger partial charge in [0.05, 0.1) is 0 Å². The van der Waals surface area contributed by atoms with Gasteiger partial charge in [0.15, 0.2) is 0 Å². The average molecular weight is 209 g/mol. The van der Waals surface area contributed by atoms with Crippen molar-refractivity contribution in [2.45, 2.75) is 31.7 Å². The molecule has 1 atom stereocenters. The highest BCUT2D eigenvalue weighted by Gasteiger charge is 2.02. The molecule has 78 valence electrons. The van der Waals surface area contributed by atoms with Gasteiger partial charge in [-0.05, 0) is 39.4 Å². The van der Waals surface area contributed by atoms with Gasteiger partial charge in [0, 0.05) is 16.7 Å². The number of rotatable bonds is 4. The molecule has 0 amide bonds. The second kappa shape index (κ2) is 5.42. The molecule has 0 radical (unpaired) electrons. The highest BCUT2D eigenvalue weighted by atomic mass is 32.2. The van der Waals surface area contributed by atoms with Crippen LogP contribution in [0, 0.1) is 13.8 Å².